The van der Waals surface area contributed by atoms with Crippen molar-refractivity contribution in [1.82, 2.24) is 4.98 Å². The van der Waals surface area contributed by atoms with Crippen molar-refractivity contribution >= 4 is 44.3 Å². The highest BCUT2D eigenvalue weighted by Gasteiger charge is 2.05. The third kappa shape index (κ3) is 10.4. The highest BCUT2D eigenvalue weighted by Crippen LogP contribution is 2.30. The molecule has 23 heavy (non-hydrogen) atoms. The molecule has 0 aliphatic heterocycles. The SMILES string of the molecule is O=C(Cl)OCCCCCCCCSSc1ccc([N+](=O)[O-])cn1. The fourth-order valence-corrected chi connectivity index (χ4v) is 3.84. The second kappa shape index (κ2) is 12.4. The largest absolute Gasteiger partial charge is 0.454 e. The van der Waals surface area contributed by atoms with Crippen molar-refractivity contribution in [2.75, 3.05) is 12.4 Å². The first kappa shape index (κ1) is 20.1. The lowest BCUT2D eigenvalue weighted by atomic mass is 10.1. The predicted molar refractivity (Wildman–Crippen MR) is 94.1 cm³/mol. The van der Waals surface area contributed by atoms with Crippen LogP contribution in [-0.4, -0.2) is 27.7 Å². The van der Waals surface area contributed by atoms with Crippen LogP contribution in [0.5, 0.6) is 0 Å². The number of rotatable bonds is 12. The van der Waals surface area contributed by atoms with Gasteiger partial charge in [0.25, 0.3) is 5.69 Å². The lowest BCUT2D eigenvalue weighted by molar-refractivity contribution is -0.385. The smallest absolute Gasteiger partial charge is 0.403 e. The Bertz CT molecular complexity index is 488. The highest BCUT2D eigenvalue weighted by atomic mass is 35.5. The Kier molecular flexibility index (Phi) is 10.8. The monoisotopic (exact) mass is 378 g/mol. The van der Waals surface area contributed by atoms with Crippen molar-refractivity contribution in [3.05, 3.63) is 28.4 Å². The zero-order valence-electron chi connectivity index (χ0n) is 12.6. The summed E-state index contributed by atoms with van der Waals surface area (Å²) in [6, 6.07) is 3.14. The van der Waals surface area contributed by atoms with E-state index in [1.807, 2.05) is 0 Å². The van der Waals surface area contributed by atoms with Crippen LogP contribution in [0.1, 0.15) is 38.5 Å². The van der Waals surface area contributed by atoms with E-state index < -0.39 is 10.4 Å². The van der Waals surface area contributed by atoms with E-state index in [9.17, 15) is 14.9 Å². The Morgan fingerprint density at radius 1 is 1.22 bits per heavy atom. The fourth-order valence-electron chi connectivity index (χ4n) is 1.75. The first-order chi connectivity index (χ1) is 11.1. The van der Waals surface area contributed by atoms with Crippen molar-refractivity contribution in [2.45, 2.75) is 43.6 Å². The number of hydrogen-bond acceptors (Lipinski definition) is 7. The number of nitro groups is 1. The van der Waals surface area contributed by atoms with Gasteiger partial charge in [0.05, 0.1) is 11.5 Å². The summed E-state index contributed by atoms with van der Waals surface area (Å²) in [5.41, 5.74) is -0.720. The molecule has 128 valence electrons. The van der Waals surface area contributed by atoms with E-state index in [1.54, 1.807) is 27.7 Å². The van der Waals surface area contributed by atoms with Crippen LogP contribution in [0.25, 0.3) is 0 Å². The van der Waals surface area contributed by atoms with E-state index in [4.69, 9.17) is 11.6 Å². The van der Waals surface area contributed by atoms with Gasteiger partial charge in [0.1, 0.15) is 11.2 Å². The molecular weight excluding hydrogens is 360 g/mol. The molecule has 0 saturated carbocycles. The Balaban J connectivity index is 1.93. The lowest BCUT2D eigenvalue weighted by Crippen LogP contribution is -1.96. The molecule has 0 amide bonds. The van der Waals surface area contributed by atoms with Crippen LogP contribution in [-0.2, 0) is 4.74 Å². The molecule has 1 heterocycles. The highest BCUT2D eigenvalue weighted by molar-refractivity contribution is 8.76. The average molecular weight is 379 g/mol. The minimum absolute atomic E-state index is 0.0140. The predicted octanol–water partition coefficient (Wildman–Crippen LogP) is 5.45. The van der Waals surface area contributed by atoms with Crippen LogP contribution in [0.3, 0.4) is 0 Å². The topological polar surface area (TPSA) is 82.3 Å². The van der Waals surface area contributed by atoms with Gasteiger partial charge in [0, 0.05) is 23.4 Å². The number of pyridine rings is 1. The van der Waals surface area contributed by atoms with Crippen molar-refractivity contribution < 1.29 is 14.5 Å². The van der Waals surface area contributed by atoms with E-state index in [-0.39, 0.29) is 5.69 Å². The zero-order valence-corrected chi connectivity index (χ0v) is 15.0. The number of aromatic nitrogens is 1. The molecule has 0 aliphatic carbocycles. The van der Waals surface area contributed by atoms with Crippen LogP contribution in [0.4, 0.5) is 10.5 Å². The maximum absolute atomic E-state index is 10.5. The molecule has 6 nitrogen and oxygen atoms in total. The Hall–Kier alpha value is -0.990. The van der Waals surface area contributed by atoms with Gasteiger partial charge in [-0.25, -0.2) is 9.78 Å². The minimum Gasteiger partial charge on any atom is -0.454 e. The number of nitrogens with zero attached hydrogens (tertiary/aromatic N) is 2. The summed E-state index contributed by atoms with van der Waals surface area (Å²) < 4.78 is 4.64. The van der Waals surface area contributed by atoms with Crippen LogP contribution >= 0.6 is 33.2 Å². The van der Waals surface area contributed by atoms with Gasteiger partial charge in [-0.15, -0.1) is 0 Å². The van der Waals surface area contributed by atoms with Crippen molar-refractivity contribution in [3.8, 4) is 0 Å². The number of hydrogen-bond donors (Lipinski definition) is 0. The summed E-state index contributed by atoms with van der Waals surface area (Å²) in [5.74, 6) is 1.02. The number of halogens is 1. The van der Waals surface area contributed by atoms with E-state index >= 15 is 0 Å². The van der Waals surface area contributed by atoms with E-state index in [2.05, 4.69) is 9.72 Å². The quantitative estimate of drug-likeness (QED) is 0.157. The zero-order chi connectivity index (χ0) is 16.9. The third-order valence-corrected chi connectivity index (χ3v) is 5.37. The summed E-state index contributed by atoms with van der Waals surface area (Å²) in [4.78, 5) is 24.4. The molecule has 0 unspecified atom stereocenters. The van der Waals surface area contributed by atoms with Gasteiger partial charge in [-0.1, -0.05) is 36.5 Å². The molecule has 0 radical (unpaired) electrons. The van der Waals surface area contributed by atoms with Gasteiger partial charge in [0.2, 0.25) is 0 Å². The standard InChI is InChI=1S/C14H19ClN2O4S2/c15-14(18)21-9-5-3-1-2-4-6-10-22-23-13-8-7-12(11-16-13)17(19)20/h7-8,11H,1-6,9-10H2. The molecule has 1 rings (SSSR count). The Morgan fingerprint density at radius 2 is 1.91 bits per heavy atom. The van der Waals surface area contributed by atoms with Crippen LogP contribution < -0.4 is 0 Å². The molecule has 0 saturated heterocycles. The van der Waals surface area contributed by atoms with Gasteiger partial charge in [-0.3, -0.25) is 10.1 Å². The minimum atomic E-state index is -0.734. The maximum Gasteiger partial charge on any atom is 0.403 e. The van der Waals surface area contributed by atoms with Gasteiger partial charge in [0.15, 0.2) is 0 Å². The Labute approximate surface area is 148 Å². The molecule has 0 spiro atoms. The summed E-state index contributed by atoms with van der Waals surface area (Å²) in [5, 5.41) is 11.3. The molecule has 1 aromatic rings. The van der Waals surface area contributed by atoms with Crippen molar-refractivity contribution in [3.63, 3.8) is 0 Å². The normalized spacial score (nSPS) is 10.5. The first-order valence-electron chi connectivity index (χ1n) is 7.32. The van der Waals surface area contributed by atoms with Crippen molar-refractivity contribution in [2.24, 2.45) is 0 Å². The molecule has 0 fully saturated rings. The summed E-state index contributed by atoms with van der Waals surface area (Å²) in [6.07, 6.45) is 7.76. The third-order valence-electron chi connectivity index (χ3n) is 2.91. The lowest BCUT2D eigenvalue weighted by Gasteiger charge is -2.02. The van der Waals surface area contributed by atoms with Crippen molar-refractivity contribution in [1.29, 1.82) is 0 Å². The van der Waals surface area contributed by atoms with Crippen LogP contribution in [0.15, 0.2) is 23.4 Å². The Morgan fingerprint density at radius 3 is 2.52 bits per heavy atom. The van der Waals surface area contributed by atoms with Crippen LogP contribution in [0.2, 0.25) is 0 Å². The average Bonchev–Trinajstić information content (AvgIpc) is 2.52. The molecule has 9 heteroatoms. The first-order valence-corrected chi connectivity index (χ1v) is 10.0. The summed E-state index contributed by atoms with van der Waals surface area (Å²) in [7, 11) is 3.25. The maximum atomic E-state index is 10.5. The second-order valence-corrected chi connectivity index (χ2v) is 7.47. The number of ether oxygens (including phenoxy) is 1. The number of carbonyl (C=O) groups is 1. The fraction of sp³-hybridized carbons (Fsp3) is 0.571. The van der Waals surface area contributed by atoms with E-state index in [1.165, 1.54) is 12.3 Å². The summed E-state index contributed by atoms with van der Waals surface area (Å²) >= 11 is 5.05. The molecule has 0 aliphatic rings. The van der Waals surface area contributed by atoms with E-state index in [0.717, 1.165) is 49.3 Å². The second-order valence-electron chi connectivity index (χ2n) is 4.72. The van der Waals surface area contributed by atoms with E-state index in [0.29, 0.717) is 6.61 Å². The molecule has 1 aromatic heterocycles. The summed E-state index contributed by atoms with van der Waals surface area (Å²) in [6.45, 7) is 0.400. The molecule has 0 atom stereocenters. The number of unbranched alkanes of at least 4 members (excludes halogenated alkanes) is 5. The molecule has 0 N–H and O–H groups in total. The molecular formula is C14H19ClN2O4S2. The van der Waals surface area contributed by atoms with Gasteiger partial charge in [-0.2, -0.15) is 0 Å². The number of carbonyl (C=O) groups excluding carboxylic acids is 1. The molecule has 0 bridgehead atoms. The van der Waals surface area contributed by atoms with Crippen LogP contribution in [0, 0.1) is 10.1 Å². The molecule has 0 aromatic carbocycles. The van der Waals surface area contributed by atoms with Gasteiger partial charge in [-0.05, 0) is 29.7 Å². The van der Waals surface area contributed by atoms with Gasteiger partial charge < -0.3 is 4.74 Å². The van der Waals surface area contributed by atoms with Gasteiger partial charge >= 0.3 is 5.43 Å².